The van der Waals surface area contributed by atoms with Crippen molar-refractivity contribution in [3.05, 3.63) is 24.3 Å². The number of nitrogens with one attached hydrogen (secondary N) is 1. The van der Waals surface area contributed by atoms with Gasteiger partial charge in [0.2, 0.25) is 5.91 Å². The summed E-state index contributed by atoms with van der Waals surface area (Å²) in [6, 6.07) is 7.76. The third-order valence-electron chi connectivity index (χ3n) is 3.37. The lowest BCUT2D eigenvalue weighted by Gasteiger charge is -2.42. The first-order valence-corrected chi connectivity index (χ1v) is 6.18. The molecule has 1 aromatic carbocycles. The molecule has 1 N–H and O–H groups in total. The van der Waals surface area contributed by atoms with Crippen molar-refractivity contribution in [2.24, 2.45) is 0 Å². The Hall–Kier alpha value is -1.55. The second-order valence-electron chi connectivity index (χ2n) is 5.23. The van der Waals surface area contributed by atoms with Gasteiger partial charge in [-0.3, -0.25) is 4.79 Å². The second kappa shape index (κ2) is 4.61. The first-order valence-electron chi connectivity index (χ1n) is 6.18. The van der Waals surface area contributed by atoms with E-state index in [-0.39, 0.29) is 11.9 Å². The molecule has 0 aromatic heterocycles. The third-order valence-corrected chi connectivity index (χ3v) is 3.37. The lowest BCUT2D eigenvalue weighted by molar-refractivity contribution is -0.125. The number of carbonyl (C=O) groups is 1. The van der Waals surface area contributed by atoms with Crippen molar-refractivity contribution in [2.75, 3.05) is 18.6 Å². The van der Waals surface area contributed by atoms with Crippen molar-refractivity contribution in [2.45, 2.75) is 32.4 Å². The number of amides is 1. The molecule has 2 rings (SSSR count). The first-order chi connectivity index (χ1) is 8.45. The summed E-state index contributed by atoms with van der Waals surface area (Å²) < 4.78 is 5.21. The largest absolute Gasteiger partial charge is 0.497 e. The van der Waals surface area contributed by atoms with Crippen LogP contribution in [0.15, 0.2) is 24.3 Å². The molecule has 0 bridgehead atoms. The molecular formula is C14H20N2O2. The molecule has 0 aliphatic carbocycles. The Morgan fingerprint density at radius 2 is 2.17 bits per heavy atom. The summed E-state index contributed by atoms with van der Waals surface area (Å²) in [5, 5.41) is 3.26. The average molecular weight is 248 g/mol. The quantitative estimate of drug-likeness (QED) is 0.867. The smallest absolute Gasteiger partial charge is 0.247 e. The van der Waals surface area contributed by atoms with Crippen LogP contribution in [0.2, 0.25) is 0 Å². The van der Waals surface area contributed by atoms with Crippen LogP contribution in [0.4, 0.5) is 5.69 Å². The van der Waals surface area contributed by atoms with Gasteiger partial charge in [-0.2, -0.15) is 0 Å². The Morgan fingerprint density at radius 1 is 1.44 bits per heavy atom. The van der Waals surface area contributed by atoms with Gasteiger partial charge >= 0.3 is 0 Å². The van der Waals surface area contributed by atoms with Crippen molar-refractivity contribution in [3.63, 3.8) is 0 Å². The highest BCUT2D eigenvalue weighted by atomic mass is 16.5. The Labute approximate surface area is 108 Å². The Morgan fingerprint density at radius 3 is 2.83 bits per heavy atom. The van der Waals surface area contributed by atoms with E-state index in [9.17, 15) is 4.79 Å². The predicted molar refractivity (Wildman–Crippen MR) is 72.0 cm³/mol. The van der Waals surface area contributed by atoms with E-state index in [1.54, 1.807) is 7.11 Å². The number of benzene rings is 1. The molecule has 98 valence electrons. The minimum Gasteiger partial charge on any atom is -0.497 e. The van der Waals surface area contributed by atoms with Gasteiger partial charge in [0.15, 0.2) is 0 Å². The topological polar surface area (TPSA) is 41.6 Å². The van der Waals surface area contributed by atoms with E-state index in [1.807, 2.05) is 49.9 Å². The number of hydrogen-bond donors (Lipinski definition) is 1. The number of nitrogens with zero attached hydrogens (tertiary/aromatic N) is 1. The van der Waals surface area contributed by atoms with Crippen molar-refractivity contribution in [1.82, 2.24) is 5.32 Å². The lowest BCUT2D eigenvalue weighted by atomic mass is 9.97. The predicted octanol–water partition coefficient (Wildman–Crippen LogP) is 1.80. The summed E-state index contributed by atoms with van der Waals surface area (Å²) in [4.78, 5) is 14.3. The Kier molecular flexibility index (Phi) is 3.30. The van der Waals surface area contributed by atoms with Gasteiger partial charge in [0.05, 0.1) is 12.6 Å². The zero-order valence-electron chi connectivity index (χ0n) is 11.4. The van der Waals surface area contributed by atoms with Crippen molar-refractivity contribution in [3.8, 4) is 5.75 Å². The van der Waals surface area contributed by atoms with E-state index in [4.69, 9.17) is 4.74 Å². The Bertz CT molecular complexity index is 457. The van der Waals surface area contributed by atoms with Crippen LogP contribution in [0.25, 0.3) is 0 Å². The standard InChI is InChI=1S/C14H20N2O2/c1-10-9-15-14(2,3)13(17)16(10)11-6-5-7-12(8-11)18-4/h5-8,10,15H,9H2,1-4H3. The fourth-order valence-electron chi connectivity index (χ4n) is 2.20. The first kappa shape index (κ1) is 12.9. The number of methoxy groups -OCH3 is 1. The van der Waals surface area contributed by atoms with E-state index >= 15 is 0 Å². The van der Waals surface area contributed by atoms with Crippen LogP contribution in [0, 0.1) is 0 Å². The third kappa shape index (κ3) is 2.20. The summed E-state index contributed by atoms with van der Waals surface area (Å²) in [6.45, 7) is 6.65. The summed E-state index contributed by atoms with van der Waals surface area (Å²) in [7, 11) is 1.63. The summed E-state index contributed by atoms with van der Waals surface area (Å²) in [5.74, 6) is 0.860. The molecule has 0 saturated carbocycles. The highest BCUT2D eigenvalue weighted by Crippen LogP contribution is 2.27. The van der Waals surface area contributed by atoms with Crippen LogP contribution in [0.1, 0.15) is 20.8 Å². The molecule has 18 heavy (non-hydrogen) atoms. The monoisotopic (exact) mass is 248 g/mol. The second-order valence-corrected chi connectivity index (χ2v) is 5.23. The summed E-state index contributed by atoms with van der Waals surface area (Å²) in [6.07, 6.45) is 0. The van der Waals surface area contributed by atoms with Gasteiger partial charge in [0.1, 0.15) is 5.75 Å². The molecule has 4 heteroatoms. The van der Waals surface area contributed by atoms with Crippen LogP contribution in [0.5, 0.6) is 5.75 Å². The van der Waals surface area contributed by atoms with Gasteiger partial charge in [-0.25, -0.2) is 0 Å². The molecule has 4 nitrogen and oxygen atoms in total. The van der Waals surface area contributed by atoms with Crippen molar-refractivity contribution < 1.29 is 9.53 Å². The maximum Gasteiger partial charge on any atom is 0.247 e. The van der Waals surface area contributed by atoms with Gasteiger partial charge in [0, 0.05) is 24.3 Å². The number of hydrogen-bond acceptors (Lipinski definition) is 3. The molecular weight excluding hydrogens is 228 g/mol. The number of rotatable bonds is 2. The average Bonchev–Trinajstić information content (AvgIpc) is 2.35. The SMILES string of the molecule is COc1cccc(N2C(=O)C(C)(C)NCC2C)c1. The van der Waals surface area contributed by atoms with E-state index in [1.165, 1.54) is 0 Å². The van der Waals surface area contributed by atoms with E-state index in [0.717, 1.165) is 18.0 Å². The zero-order chi connectivity index (χ0) is 13.3. The van der Waals surface area contributed by atoms with Crippen LogP contribution in [-0.4, -0.2) is 31.1 Å². The molecule has 0 radical (unpaired) electrons. The molecule has 1 fully saturated rings. The fraction of sp³-hybridized carbons (Fsp3) is 0.500. The van der Waals surface area contributed by atoms with Crippen LogP contribution in [0.3, 0.4) is 0 Å². The van der Waals surface area contributed by atoms with Crippen LogP contribution in [-0.2, 0) is 4.79 Å². The maximum absolute atomic E-state index is 12.5. The van der Waals surface area contributed by atoms with Crippen LogP contribution < -0.4 is 15.0 Å². The lowest BCUT2D eigenvalue weighted by Crippen LogP contribution is -2.64. The molecule has 1 amide bonds. The fourth-order valence-corrected chi connectivity index (χ4v) is 2.20. The molecule has 0 spiro atoms. The van der Waals surface area contributed by atoms with Gasteiger partial charge in [-0.15, -0.1) is 0 Å². The molecule has 1 unspecified atom stereocenters. The summed E-state index contributed by atoms with van der Waals surface area (Å²) in [5.41, 5.74) is 0.372. The van der Waals surface area contributed by atoms with Crippen molar-refractivity contribution >= 4 is 11.6 Å². The molecule has 1 aliphatic heterocycles. The molecule has 1 heterocycles. The van der Waals surface area contributed by atoms with E-state index in [2.05, 4.69) is 5.32 Å². The minimum atomic E-state index is -0.518. The number of carbonyl (C=O) groups excluding carboxylic acids is 1. The molecule has 1 atom stereocenters. The highest BCUT2D eigenvalue weighted by molar-refractivity contribution is 6.01. The van der Waals surface area contributed by atoms with Gasteiger partial charge in [-0.05, 0) is 32.9 Å². The zero-order valence-corrected chi connectivity index (χ0v) is 11.4. The van der Waals surface area contributed by atoms with Gasteiger partial charge in [-0.1, -0.05) is 6.07 Å². The molecule has 1 aromatic rings. The van der Waals surface area contributed by atoms with E-state index < -0.39 is 5.54 Å². The van der Waals surface area contributed by atoms with Crippen LogP contribution >= 0.6 is 0 Å². The van der Waals surface area contributed by atoms with Crippen molar-refractivity contribution in [1.29, 1.82) is 0 Å². The maximum atomic E-state index is 12.5. The van der Waals surface area contributed by atoms with Gasteiger partial charge < -0.3 is 15.0 Å². The molecule has 1 saturated heterocycles. The number of anilines is 1. The number of piperazine rings is 1. The number of ether oxygens (including phenoxy) is 1. The summed E-state index contributed by atoms with van der Waals surface area (Å²) >= 11 is 0. The molecule has 1 aliphatic rings. The van der Waals surface area contributed by atoms with E-state index in [0.29, 0.717) is 0 Å². The minimum absolute atomic E-state index is 0.0921. The normalized spacial score (nSPS) is 23.0. The highest BCUT2D eigenvalue weighted by Gasteiger charge is 2.39. The van der Waals surface area contributed by atoms with Gasteiger partial charge in [0.25, 0.3) is 0 Å². The Balaban J connectivity index is 2.37.